The van der Waals surface area contributed by atoms with Crippen LogP contribution in [-0.2, 0) is 65.4 Å². The molecule has 0 rings (SSSR count). The highest BCUT2D eigenvalue weighted by atomic mass is 31.2. The number of allylic oxidation sites excluding steroid dienone is 4. The van der Waals surface area contributed by atoms with Gasteiger partial charge in [0.15, 0.2) is 12.2 Å². The monoisotopic (exact) mass is 1380 g/mol. The fourth-order valence-corrected chi connectivity index (χ4v) is 12.4. The second kappa shape index (κ2) is 65.2. The Labute approximate surface area is 573 Å². The molecular formula is C75H142O17P2. The van der Waals surface area contributed by atoms with Gasteiger partial charge in [-0.1, -0.05) is 304 Å². The Morgan fingerprint density at radius 2 is 0.628 bits per heavy atom. The van der Waals surface area contributed by atoms with Crippen molar-refractivity contribution in [1.82, 2.24) is 0 Å². The van der Waals surface area contributed by atoms with Crippen LogP contribution in [0.1, 0.15) is 357 Å². The number of carbonyl (C=O) groups is 4. The molecule has 0 aromatic carbocycles. The molecule has 94 heavy (non-hydrogen) atoms. The zero-order valence-electron chi connectivity index (χ0n) is 60.9. The van der Waals surface area contributed by atoms with E-state index >= 15 is 0 Å². The van der Waals surface area contributed by atoms with Gasteiger partial charge in [-0.25, -0.2) is 9.13 Å². The van der Waals surface area contributed by atoms with Gasteiger partial charge >= 0.3 is 39.5 Å². The summed E-state index contributed by atoms with van der Waals surface area (Å²) in [4.78, 5) is 72.7. The number of hydrogen-bond acceptors (Lipinski definition) is 15. The van der Waals surface area contributed by atoms with Crippen molar-refractivity contribution < 1.29 is 80.2 Å². The van der Waals surface area contributed by atoms with Crippen LogP contribution in [0.5, 0.6) is 0 Å². The van der Waals surface area contributed by atoms with Gasteiger partial charge < -0.3 is 33.8 Å². The first-order valence-corrected chi connectivity index (χ1v) is 41.2. The van der Waals surface area contributed by atoms with E-state index in [1.807, 2.05) is 0 Å². The van der Waals surface area contributed by atoms with Gasteiger partial charge in [-0.3, -0.25) is 37.3 Å². The van der Waals surface area contributed by atoms with Crippen LogP contribution < -0.4 is 0 Å². The first-order chi connectivity index (χ1) is 45.3. The Kier molecular flexibility index (Phi) is 63.5. The highest BCUT2D eigenvalue weighted by Gasteiger charge is 2.30. The average molecular weight is 1380 g/mol. The number of esters is 4. The highest BCUT2D eigenvalue weighted by molar-refractivity contribution is 7.47. The maximum absolute atomic E-state index is 13.1. The number of aliphatic hydroxyl groups excluding tert-OH is 1. The van der Waals surface area contributed by atoms with E-state index in [-0.39, 0.29) is 25.7 Å². The summed E-state index contributed by atoms with van der Waals surface area (Å²) >= 11 is 0. The molecule has 3 N–H and O–H groups in total. The van der Waals surface area contributed by atoms with Gasteiger partial charge in [0.05, 0.1) is 26.4 Å². The van der Waals surface area contributed by atoms with Crippen molar-refractivity contribution in [2.75, 3.05) is 39.6 Å². The first-order valence-electron chi connectivity index (χ1n) is 38.2. The summed E-state index contributed by atoms with van der Waals surface area (Å²) in [7, 11) is -9.92. The van der Waals surface area contributed by atoms with Gasteiger partial charge in [-0.2, -0.15) is 0 Å². The van der Waals surface area contributed by atoms with E-state index in [1.54, 1.807) is 0 Å². The Morgan fingerprint density at radius 3 is 0.947 bits per heavy atom. The predicted molar refractivity (Wildman–Crippen MR) is 381 cm³/mol. The second-order valence-electron chi connectivity index (χ2n) is 27.3. The van der Waals surface area contributed by atoms with Crippen LogP contribution in [-0.4, -0.2) is 96.7 Å². The number of phosphoric acid groups is 2. The summed E-state index contributed by atoms with van der Waals surface area (Å²) in [6, 6.07) is 0. The summed E-state index contributed by atoms with van der Waals surface area (Å²) in [6.45, 7) is 11.8. The van der Waals surface area contributed by atoms with Crippen LogP contribution in [0.2, 0.25) is 0 Å². The third-order valence-electron chi connectivity index (χ3n) is 17.5. The summed E-state index contributed by atoms with van der Waals surface area (Å²) in [5.41, 5.74) is 0. The third-order valence-corrected chi connectivity index (χ3v) is 19.4. The predicted octanol–water partition coefficient (Wildman–Crippen LogP) is 21.3. The van der Waals surface area contributed by atoms with E-state index in [2.05, 4.69) is 72.8 Å². The normalized spacial score (nSPS) is 14.8. The molecule has 4 unspecified atom stereocenters. The molecule has 7 atom stereocenters. The minimum atomic E-state index is -4.96. The zero-order valence-corrected chi connectivity index (χ0v) is 62.7. The number of phosphoric ester groups is 2. The van der Waals surface area contributed by atoms with Crippen molar-refractivity contribution in [3.8, 4) is 0 Å². The largest absolute Gasteiger partial charge is 0.472 e. The number of rotatable bonds is 71. The zero-order chi connectivity index (χ0) is 69.4. The lowest BCUT2D eigenvalue weighted by Crippen LogP contribution is -2.30. The van der Waals surface area contributed by atoms with E-state index < -0.39 is 97.5 Å². The molecule has 17 nitrogen and oxygen atoms in total. The minimum Gasteiger partial charge on any atom is -0.462 e. The summed E-state index contributed by atoms with van der Waals surface area (Å²) in [5.74, 6) is 0.111. The standard InChI is InChI=1S/C75H142O17P2/c1-8-11-12-13-14-15-16-17-20-24-27-30-33-44-51-58-74(79)91-70(62-85-72(77)56-49-42-37-35-40-47-54-67(6)9-2)64-89-93(81,82)87-60-69(76)61-88-94(83,84)90-65-71(63-86-73(78)57-50-43-38-36-41-48-55-68(7)10-3)92-75(80)59-52-45-34-31-28-25-22-19-18-21-23-26-29-32-39-46-53-66(4)5/h15-17,20,66-71,76H,8-14,18-19,21-65H2,1-7H3,(H,81,82)(H,83,84)/b16-15-,20-17-/t67?,68?,69-,70-,71-/m1/s1. The molecule has 0 aliphatic heterocycles. The molecule has 0 amide bonds. The summed E-state index contributed by atoms with van der Waals surface area (Å²) in [6.07, 6.45) is 53.6. The molecule has 0 heterocycles. The molecule has 0 spiro atoms. The maximum Gasteiger partial charge on any atom is 0.472 e. The Balaban J connectivity index is 5.25. The molecule has 554 valence electrons. The van der Waals surface area contributed by atoms with Crippen molar-refractivity contribution in [3.63, 3.8) is 0 Å². The molecule has 0 fully saturated rings. The number of ether oxygens (including phenoxy) is 4. The molecular weight excluding hydrogens is 1230 g/mol. The van der Waals surface area contributed by atoms with Crippen LogP contribution in [0.25, 0.3) is 0 Å². The molecule has 0 aliphatic carbocycles. The minimum absolute atomic E-state index is 0.0837. The number of unbranched alkanes of at least 4 members (excludes halogenated alkanes) is 34. The number of aliphatic hydroxyl groups is 1. The Morgan fingerprint density at radius 1 is 0.351 bits per heavy atom. The molecule has 0 bridgehead atoms. The van der Waals surface area contributed by atoms with Gasteiger partial charge in [-0.05, 0) is 69.1 Å². The van der Waals surface area contributed by atoms with E-state index in [1.165, 1.54) is 141 Å². The fraction of sp³-hybridized carbons (Fsp3) is 0.893. The summed E-state index contributed by atoms with van der Waals surface area (Å²) < 4.78 is 68.4. The quantitative estimate of drug-likeness (QED) is 0.0169. The SMILES string of the molecule is CCCCCC/C=C\C=C/CCCCCCCC(=O)O[C@H](COC(=O)CCCCCCCCC(C)CC)COP(=O)(O)OC[C@@H](O)COP(=O)(O)OC[C@@H](COC(=O)CCCCCCCCC(C)CC)OC(=O)CCCCCCCCCCCCCCCCCCC(C)C. The van der Waals surface area contributed by atoms with Crippen molar-refractivity contribution in [2.24, 2.45) is 17.8 Å². The van der Waals surface area contributed by atoms with E-state index in [4.69, 9.17) is 37.0 Å². The third kappa shape index (κ3) is 65.5. The number of hydrogen-bond donors (Lipinski definition) is 3. The molecule has 0 radical (unpaired) electrons. The number of carbonyl (C=O) groups excluding carboxylic acids is 4. The van der Waals surface area contributed by atoms with Gasteiger partial charge in [0.1, 0.15) is 19.3 Å². The van der Waals surface area contributed by atoms with Crippen molar-refractivity contribution in [3.05, 3.63) is 24.3 Å². The van der Waals surface area contributed by atoms with Crippen LogP contribution in [0, 0.1) is 17.8 Å². The topological polar surface area (TPSA) is 237 Å². The van der Waals surface area contributed by atoms with Crippen LogP contribution in [0.15, 0.2) is 24.3 Å². The van der Waals surface area contributed by atoms with Crippen LogP contribution >= 0.6 is 15.6 Å². The smallest absolute Gasteiger partial charge is 0.462 e. The highest BCUT2D eigenvalue weighted by Crippen LogP contribution is 2.45. The maximum atomic E-state index is 13.1. The molecule has 0 saturated heterocycles. The van der Waals surface area contributed by atoms with Crippen LogP contribution in [0.3, 0.4) is 0 Å². The van der Waals surface area contributed by atoms with E-state index in [0.717, 1.165) is 133 Å². The van der Waals surface area contributed by atoms with E-state index in [0.29, 0.717) is 25.7 Å². The lowest BCUT2D eigenvalue weighted by molar-refractivity contribution is -0.161. The average Bonchev–Trinajstić information content (AvgIpc) is 2.22. The van der Waals surface area contributed by atoms with Gasteiger partial charge in [0, 0.05) is 25.7 Å². The van der Waals surface area contributed by atoms with Crippen molar-refractivity contribution >= 4 is 39.5 Å². The summed E-state index contributed by atoms with van der Waals surface area (Å²) in [5, 5.41) is 10.6. The molecule has 0 aromatic heterocycles. The van der Waals surface area contributed by atoms with Gasteiger partial charge in [0.2, 0.25) is 0 Å². The Bertz CT molecular complexity index is 1930. The molecule has 0 aromatic rings. The van der Waals surface area contributed by atoms with Crippen molar-refractivity contribution in [1.29, 1.82) is 0 Å². The van der Waals surface area contributed by atoms with E-state index in [9.17, 15) is 43.2 Å². The van der Waals surface area contributed by atoms with Gasteiger partial charge in [0.25, 0.3) is 0 Å². The molecule has 0 aliphatic rings. The van der Waals surface area contributed by atoms with Crippen LogP contribution in [0.4, 0.5) is 0 Å². The molecule has 19 heteroatoms. The second-order valence-corrected chi connectivity index (χ2v) is 30.2. The Hall–Kier alpha value is -2.46. The van der Waals surface area contributed by atoms with Gasteiger partial charge in [-0.15, -0.1) is 0 Å². The lowest BCUT2D eigenvalue weighted by atomic mass is 10.00. The fourth-order valence-electron chi connectivity index (χ4n) is 10.8. The van der Waals surface area contributed by atoms with Crippen molar-refractivity contribution in [2.45, 2.75) is 375 Å². The molecule has 0 saturated carbocycles. The lowest BCUT2D eigenvalue weighted by Gasteiger charge is -2.21. The first kappa shape index (κ1) is 91.5.